The van der Waals surface area contributed by atoms with Crippen LogP contribution in [0.1, 0.15) is 54.9 Å². The lowest BCUT2D eigenvalue weighted by atomic mass is 9.84. The first kappa shape index (κ1) is 21.2. The highest BCUT2D eigenvalue weighted by Gasteiger charge is 2.29. The number of piperidine rings is 1. The monoisotopic (exact) mass is 395 g/mol. The molecule has 1 saturated heterocycles. The van der Waals surface area contributed by atoms with Crippen molar-refractivity contribution < 1.29 is 14.6 Å². The average molecular weight is 396 g/mol. The first-order valence-electron chi connectivity index (χ1n) is 10.5. The molecule has 3 atom stereocenters. The Morgan fingerprint density at radius 1 is 1.14 bits per heavy atom. The number of phenolic OH excluding ortho intramolecular Hbond substituents is 1. The molecule has 29 heavy (non-hydrogen) atoms. The fourth-order valence-electron chi connectivity index (χ4n) is 4.67. The van der Waals surface area contributed by atoms with Gasteiger partial charge < -0.3 is 14.7 Å². The number of hydrogen-bond acceptors (Lipinski definition) is 3. The third-order valence-corrected chi connectivity index (χ3v) is 6.00. The average Bonchev–Trinajstić information content (AvgIpc) is 2.66. The van der Waals surface area contributed by atoms with E-state index in [9.17, 15) is 9.90 Å². The number of carbonyl (C=O) groups is 1. The second-order valence-electron chi connectivity index (χ2n) is 8.79. The van der Waals surface area contributed by atoms with Gasteiger partial charge in [0.05, 0.1) is 7.11 Å². The van der Waals surface area contributed by atoms with Gasteiger partial charge in [-0.25, -0.2) is 0 Å². The Morgan fingerprint density at radius 3 is 2.31 bits per heavy atom. The van der Waals surface area contributed by atoms with E-state index in [0.717, 1.165) is 29.8 Å². The Balaban J connectivity index is 1.96. The van der Waals surface area contributed by atoms with Crippen molar-refractivity contribution in [3.05, 3.63) is 58.7 Å². The topological polar surface area (TPSA) is 49.8 Å². The van der Waals surface area contributed by atoms with Gasteiger partial charge in [-0.2, -0.15) is 0 Å². The van der Waals surface area contributed by atoms with Crippen LogP contribution in [-0.2, 0) is 4.79 Å². The van der Waals surface area contributed by atoms with E-state index in [2.05, 4.69) is 45.0 Å². The molecule has 1 aliphatic rings. The molecule has 156 valence electrons. The first-order chi connectivity index (χ1) is 13.8. The molecule has 1 N–H and O–H groups in total. The number of methoxy groups -OCH3 is 1. The number of likely N-dealkylation sites (tertiary alicyclic amines) is 1. The largest absolute Gasteiger partial charge is 0.507 e. The van der Waals surface area contributed by atoms with Gasteiger partial charge in [-0.3, -0.25) is 4.79 Å². The summed E-state index contributed by atoms with van der Waals surface area (Å²) < 4.78 is 5.30. The summed E-state index contributed by atoms with van der Waals surface area (Å²) in [6.45, 7) is 10.1. The van der Waals surface area contributed by atoms with Crippen LogP contribution in [0.2, 0.25) is 0 Å². The summed E-state index contributed by atoms with van der Waals surface area (Å²) in [4.78, 5) is 15.3. The van der Waals surface area contributed by atoms with Crippen LogP contribution in [0.4, 0.5) is 0 Å². The van der Waals surface area contributed by atoms with Crippen LogP contribution in [-0.4, -0.2) is 36.1 Å². The number of aromatic hydroxyl groups is 1. The minimum atomic E-state index is -0.193. The van der Waals surface area contributed by atoms with E-state index < -0.39 is 0 Å². The van der Waals surface area contributed by atoms with Crippen LogP contribution >= 0.6 is 0 Å². The molecule has 1 amide bonds. The zero-order chi connectivity index (χ0) is 21.1. The van der Waals surface area contributed by atoms with E-state index in [1.165, 1.54) is 12.0 Å². The third kappa shape index (κ3) is 4.92. The molecule has 2 aromatic carbocycles. The number of hydrogen-bond donors (Lipinski definition) is 1. The highest BCUT2D eigenvalue weighted by Crippen LogP contribution is 2.39. The number of ether oxygens (including phenoxy) is 1. The van der Waals surface area contributed by atoms with Crippen molar-refractivity contribution in [1.82, 2.24) is 4.90 Å². The van der Waals surface area contributed by atoms with Crippen LogP contribution < -0.4 is 4.74 Å². The summed E-state index contributed by atoms with van der Waals surface area (Å²) in [6.07, 6.45) is 1.52. The minimum Gasteiger partial charge on any atom is -0.507 e. The second kappa shape index (κ2) is 8.89. The Morgan fingerprint density at radius 2 is 1.76 bits per heavy atom. The lowest BCUT2D eigenvalue weighted by molar-refractivity contribution is -0.134. The van der Waals surface area contributed by atoms with Gasteiger partial charge in [0.25, 0.3) is 0 Å². The summed E-state index contributed by atoms with van der Waals surface area (Å²) >= 11 is 0. The number of aryl methyl sites for hydroxylation is 2. The van der Waals surface area contributed by atoms with E-state index >= 15 is 0 Å². The van der Waals surface area contributed by atoms with Gasteiger partial charge in [0.1, 0.15) is 11.5 Å². The Bertz CT molecular complexity index is 826. The van der Waals surface area contributed by atoms with Crippen LogP contribution in [0.25, 0.3) is 0 Å². The fraction of sp³-hybridized carbons (Fsp3) is 0.480. The van der Waals surface area contributed by atoms with Crippen LogP contribution in [0.5, 0.6) is 11.5 Å². The summed E-state index contributed by atoms with van der Waals surface area (Å²) in [5, 5.41) is 10.8. The fourth-order valence-corrected chi connectivity index (χ4v) is 4.67. The standard InChI is InChI=1S/C25H33NO3/c1-16-6-8-20(9-7-16)22(25-19(4)11-21(29-5)12-23(25)27)13-24(28)26-14-17(2)10-18(3)15-26/h6-9,11-12,17-18,22,27H,10,13-15H2,1-5H3. The molecule has 4 nitrogen and oxygen atoms in total. The van der Waals surface area contributed by atoms with Gasteiger partial charge in [0.15, 0.2) is 0 Å². The smallest absolute Gasteiger partial charge is 0.223 e. The van der Waals surface area contributed by atoms with E-state index in [-0.39, 0.29) is 17.6 Å². The molecule has 0 bridgehead atoms. The van der Waals surface area contributed by atoms with Crippen molar-refractivity contribution in [3.8, 4) is 11.5 Å². The molecule has 3 unspecified atom stereocenters. The van der Waals surface area contributed by atoms with Crippen molar-refractivity contribution >= 4 is 5.91 Å². The molecular formula is C25H33NO3. The van der Waals surface area contributed by atoms with Crippen molar-refractivity contribution in [2.45, 2.75) is 46.5 Å². The number of benzene rings is 2. The highest BCUT2D eigenvalue weighted by molar-refractivity contribution is 5.78. The highest BCUT2D eigenvalue weighted by atomic mass is 16.5. The quantitative estimate of drug-likeness (QED) is 0.771. The molecule has 0 radical (unpaired) electrons. The van der Waals surface area contributed by atoms with Gasteiger partial charge in [-0.15, -0.1) is 0 Å². The molecule has 0 aliphatic carbocycles. The molecule has 1 heterocycles. The Labute approximate surface area is 174 Å². The molecule has 0 spiro atoms. The lowest BCUT2D eigenvalue weighted by Gasteiger charge is -2.36. The second-order valence-corrected chi connectivity index (χ2v) is 8.79. The molecule has 3 rings (SSSR count). The maximum Gasteiger partial charge on any atom is 0.223 e. The van der Waals surface area contributed by atoms with E-state index in [1.54, 1.807) is 13.2 Å². The SMILES string of the molecule is COc1cc(C)c(C(CC(=O)N2CC(C)CC(C)C2)c2ccc(C)cc2)c(O)c1. The normalized spacial score (nSPS) is 20.4. The van der Waals surface area contributed by atoms with Gasteiger partial charge in [0, 0.05) is 37.1 Å². The molecule has 0 aromatic heterocycles. The Kier molecular flexibility index (Phi) is 6.51. The summed E-state index contributed by atoms with van der Waals surface area (Å²) in [6, 6.07) is 11.8. The zero-order valence-corrected chi connectivity index (χ0v) is 18.2. The summed E-state index contributed by atoms with van der Waals surface area (Å²) in [5.41, 5.74) is 3.96. The predicted molar refractivity (Wildman–Crippen MR) is 117 cm³/mol. The van der Waals surface area contributed by atoms with Gasteiger partial charge in [-0.1, -0.05) is 43.7 Å². The van der Waals surface area contributed by atoms with Crippen molar-refractivity contribution in [2.24, 2.45) is 11.8 Å². The van der Waals surface area contributed by atoms with Crippen molar-refractivity contribution in [3.63, 3.8) is 0 Å². The van der Waals surface area contributed by atoms with Gasteiger partial charge in [0.2, 0.25) is 5.91 Å². The molecule has 2 aromatic rings. The predicted octanol–water partition coefficient (Wildman–Crippen LogP) is 5.04. The summed E-state index contributed by atoms with van der Waals surface area (Å²) in [7, 11) is 1.59. The van der Waals surface area contributed by atoms with E-state index in [4.69, 9.17) is 4.74 Å². The number of phenols is 1. The Hall–Kier alpha value is -2.49. The first-order valence-corrected chi connectivity index (χ1v) is 10.5. The molecule has 1 aliphatic heterocycles. The van der Waals surface area contributed by atoms with Gasteiger partial charge in [-0.05, 0) is 49.3 Å². The molecule has 4 heteroatoms. The molecular weight excluding hydrogens is 362 g/mol. The van der Waals surface area contributed by atoms with Gasteiger partial charge >= 0.3 is 0 Å². The summed E-state index contributed by atoms with van der Waals surface area (Å²) in [5.74, 6) is 1.82. The number of carbonyl (C=O) groups excluding carboxylic acids is 1. The van der Waals surface area contributed by atoms with Crippen LogP contribution in [0, 0.1) is 25.7 Å². The maximum atomic E-state index is 13.3. The molecule has 1 fully saturated rings. The van der Waals surface area contributed by atoms with Crippen molar-refractivity contribution in [1.29, 1.82) is 0 Å². The minimum absolute atomic E-state index is 0.156. The lowest BCUT2D eigenvalue weighted by Crippen LogP contribution is -2.43. The molecule has 0 saturated carbocycles. The number of rotatable bonds is 5. The van der Waals surface area contributed by atoms with Crippen LogP contribution in [0.3, 0.4) is 0 Å². The zero-order valence-electron chi connectivity index (χ0n) is 18.2. The van der Waals surface area contributed by atoms with E-state index in [0.29, 0.717) is 24.0 Å². The van der Waals surface area contributed by atoms with Crippen molar-refractivity contribution in [2.75, 3.05) is 20.2 Å². The number of amides is 1. The van der Waals surface area contributed by atoms with E-state index in [1.807, 2.05) is 17.9 Å². The maximum absolute atomic E-state index is 13.3. The number of nitrogens with zero attached hydrogens (tertiary/aromatic N) is 1. The third-order valence-electron chi connectivity index (χ3n) is 6.00. The van der Waals surface area contributed by atoms with Crippen LogP contribution in [0.15, 0.2) is 36.4 Å².